The number of hydrogen-bond acceptors (Lipinski definition) is 6. The van der Waals surface area contributed by atoms with Crippen molar-refractivity contribution in [2.45, 2.75) is 11.9 Å². The van der Waals surface area contributed by atoms with Crippen molar-refractivity contribution in [3.63, 3.8) is 0 Å². The lowest BCUT2D eigenvalue weighted by Crippen LogP contribution is -2.41. The lowest BCUT2D eigenvalue weighted by atomic mass is 10.7. The topological polar surface area (TPSA) is 110 Å². The maximum absolute atomic E-state index is 11.2. The number of nitrogens with two attached hydrogens (primary N) is 1. The van der Waals surface area contributed by atoms with Gasteiger partial charge in [0, 0.05) is 19.3 Å². The molecule has 0 bridgehead atoms. The second-order valence-corrected chi connectivity index (χ2v) is 3.73. The zero-order valence-corrected chi connectivity index (χ0v) is 9.37. The lowest BCUT2D eigenvalue weighted by Gasteiger charge is -2.05. The van der Waals surface area contributed by atoms with Crippen LogP contribution >= 0.6 is 11.8 Å². The molecule has 0 aliphatic rings. The number of hydrazine groups is 1. The predicted molar refractivity (Wildman–Crippen MR) is 59.1 cm³/mol. The molecule has 0 saturated carbocycles. The first-order valence-corrected chi connectivity index (χ1v) is 5.33. The summed E-state index contributed by atoms with van der Waals surface area (Å²) in [6.07, 6.45) is 2.96. The summed E-state index contributed by atoms with van der Waals surface area (Å²) in [7, 11) is 0. The van der Waals surface area contributed by atoms with Gasteiger partial charge in [0.15, 0.2) is 5.82 Å². The average Bonchev–Trinajstić information content (AvgIpc) is 2.25. The second kappa shape index (κ2) is 5.91. The Bertz CT molecular complexity index is 398. The van der Waals surface area contributed by atoms with E-state index in [9.17, 15) is 9.59 Å². The summed E-state index contributed by atoms with van der Waals surface area (Å²) < 4.78 is 0. The first kappa shape index (κ1) is 12.2. The van der Waals surface area contributed by atoms with Crippen LogP contribution in [0, 0.1) is 0 Å². The Morgan fingerprint density at radius 3 is 2.69 bits per heavy atom. The molecule has 2 amide bonds. The number of anilines is 1. The van der Waals surface area contributed by atoms with E-state index in [2.05, 4.69) is 20.8 Å². The van der Waals surface area contributed by atoms with Crippen LogP contribution in [0.2, 0.25) is 0 Å². The molecule has 1 aromatic rings. The third-order valence-electron chi connectivity index (χ3n) is 1.41. The maximum Gasteiger partial charge on any atom is 0.248 e. The zero-order valence-electron chi connectivity index (χ0n) is 8.56. The van der Waals surface area contributed by atoms with Crippen molar-refractivity contribution in [3.8, 4) is 0 Å². The van der Waals surface area contributed by atoms with Crippen LogP contribution in [0.5, 0.6) is 0 Å². The van der Waals surface area contributed by atoms with Gasteiger partial charge < -0.3 is 5.73 Å². The van der Waals surface area contributed by atoms with E-state index in [-0.39, 0.29) is 23.4 Å². The van der Waals surface area contributed by atoms with E-state index in [1.165, 1.54) is 19.3 Å². The number of thioether (sulfide) groups is 1. The number of carbonyl (C=O) groups excluding carboxylic acids is 2. The second-order valence-electron chi connectivity index (χ2n) is 2.76. The minimum atomic E-state index is -0.342. The Kier molecular flexibility index (Phi) is 4.52. The molecule has 0 atom stereocenters. The normalized spacial score (nSPS) is 9.56. The van der Waals surface area contributed by atoms with Crippen molar-refractivity contribution in [1.82, 2.24) is 20.8 Å². The molecule has 0 spiro atoms. The first-order valence-electron chi connectivity index (χ1n) is 4.34. The van der Waals surface area contributed by atoms with Crippen molar-refractivity contribution in [2.75, 3.05) is 11.5 Å². The van der Waals surface area contributed by atoms with Crippen molar-refractivity contribution in [2.24, 2.45) is 0 Å². The minimum Gasteiger partial charge on any atom is -0.381 e. The van der Waals surface area contributed by atoms with Crippen molar-refractivity contribution < 1.29 is 9.59 Å². The molecule has 0 aromatic carbocycles. The summed E-state index contributed by atoms with van der Waals surface area (Å²) in [6, 6.07) is 0. The number of aromatic nitrogens is 2. The molecular weight excluding hydrogens is 230 g/mol. The van der Waals surface area contributed by atoms with E-state index < -0.39 is 0 Å². The number of nitrogens with zero attached hydrogens (tertiary/aromatic N) is 2. The summed E-state index contributed by atoms with van der Waals surface area (Å²) in [5, 5.41) is 0.487. The number of nitrogens with one attached hydrogen (secondary N) is 2. The molecule has 4 N–H and O–H groups in total. The number of amides is 2. The van der Waals surface area contributed by atoms with Crippen LogP contribution in [-0.2, 0) is 9.59 Å². The summed E-state index contributed by atoms with van der Waals surface area (Å²) in [5.74, 6) is -0.300. The fourth-order valence-corrected chi connectivity index (χ4v) is 1.45. The van der Waals surface area contributed by atoms with Gasteiger partial charge in [0.2, 0.25) is 11.8 Å². The molecule has 1 heterocycles. The Balaban J connectivity index is 2.37. The van der Waals surface area contributed by atoms with Crippen LogP contribution in [0.3, 0.4) is 0 Å². The highest BCUT2D eigenvalue weighted by Gasteiger charge is 2.06. The van der Waals surface area contributed by atoms with E-state index in [1.807, 2.05) is 0 Å². The lowest BCUT2D eigenvalue weighted by molar-refractivity contribution is -0.126. The van der Waals surface area contributed by atoms with Crippen LogP contribution < -0.4 is 16.6 Å². The Labute approximate surface area is 96.2 Å². The molecule has 0 fully saturated rings. The van der Waals surface area contributed by atoms with Crippen molar-refractivity contribution in [3.05, 3.63) is 12.4 Å². The Morgan fingerprint density at radius 1 is 1.38 bits per heavy atom. The number of nitrogen functional groups attached to an aromatic ring is 1. The maximum atomic E-state index is 11.2. The van der Waals surface area contributed by atoms with Gasteiger partial charge in [-0.25, -0.2) is 9.97 Å². The van der Waals surface area contributed by atoms with Gasteiger partial charge in [-0.2, -0.15) is 0 Å². The van der Waals surface area contributed by atoms with Crippen LogP contribution in [0.1, 0.15) is 6.92 Å². The van der Waals surface area contributed by atoms with Gasteiger partial charge in [-0.05, 0) is 0 Å². The Hall–Kier alpha value is -1.83. The highest BCUT2D eigenvalue weighted by molar-refractivity contribution is 8.00. The van der Waals surface area contributed by atoms with Gasteiger partial charge in [-0.1, -0.05) is 11.8 Å². The number of carbonyl (C=O) groups is 2. The molecule has 0 radical (unpaired) electrons. The molecule has 16 heavy (non-hydrogen) atoms. The molecule has 0 aliphatic carbocycles. The highest BCUT2D eigenvalue weighted by Crippen LogP contribution is 2.18. The highest BCUT2D eigenvalue weighted by atomic mass is 32.2. The number of hydrogen-bond donors (Lipinski definition) is 3. The summed E-state index contributed by atoms with van der Waals surface area (Å²) in [5.41, 5.74) is 9.93. The minimum absolute atomic E-state index is 0.100. The average molecular weight is 241 g/mol. The molecular formula is C8H11N5O2S. The van der Waals surface area contributed by atoms with Crippen LogP contribution in [0.25, 0.3) is 0 Å². The SMILES string of the molecule is CC(=O)NNC(=O)CSc1nccnc1N. The third-order valence-corrected chi connectivity index (χ3v) is 2.40. The van der Waals surface area contributed by atoms with Crippen molar-refractivity contribution >= 4 is 29.4 Å². The van der Waals surface area contributed by atoms with Gasteiger partial charge in [0.1, 0.15) is 5.03 Å². The van der Waals surface area contributed by atoms with E-state index in [0.29, 0.717) is 5.03 Å². The van der Waals surface area contributed by atoms with Crippen molar-refractivity contribution in [1.29, 1.82) is 0 Å². The standard InChI is InChI=1S/C8H11N5O2S/c1-5(14)12-13-6(15)4-16-8-7(9)10-2-3-11-8/h2-3H,4H2,1H3,(H2,9,10)(H,12,14)(H,13,15). The van der Waals surface area contributed by atoms with E-state index in [4.69, 9.17) is 5.73 Å². The largest absolute Gasteiger partial charge is 0.381 e. The fourth-order valence-electron chi connectivity index (χ4n) is 0.775. The van der Waals surface area contributed by atoms with Gasteiger partial charge in [-0.15, -0.1) is 0 Å². The van der Waals surface area contributed by atoms with Crippen LogP contribution in [0.15, 0.2) is 17.4 Å². The van der Waals surface area contributed by atoms with Gasteiger partial charge >= 0.3 is 0 Å². The van der Waals surface area contributed by atoms with Crippen LogP contribution in [-0.4, -0.2) is 27.5 Å². The van der Waals surface area contributed by atoms with E-state index in [0.717, 1.165) is 11.8 Å². The smallest absolute Gasteiger partial charge is 0.248 e. The van der Waals surface area contributed by atoms with E-state index >= 15 is 0 Å². The zero-order chi connectivity index (χ0) is 12.0. The molecule has 0 saturated heterocycles. The molecule has 8 heteroatoms. The summed E-state index contributed by atoms with van der Waals surface area (Å²) in [4.78, 5) is 29.5. The predicted octanol–water partition coefficient (Wildman–Crippen LogP) is -0.682. The molecule has 1 aromatic heterocycles. The Morgan fingerprint density at radius 2 is 2.06 bits per heavy atom. The molecule has 86 valence electrons. The quantitative estimate of drug-likeness (QED) is 0.477. The van der Waals surface area contributed by atoms with E-state index in [1.54, 1.807) is 0 Å². The van der Waals surface area contributed by atoms with Gasteiger partial charge in [0.25, 0.3) is 0 Å². The molecule has 7 nitrogen and oxygen atoms in total. The molecule has 0 aliphatic heterocycles. The first-order chi connectivity index (χ1) is 7.59. The number of rotatable bonds is 3. The van der Waals surface area contributed by atoms with Crippen LogP contribution in [0.4, 0.5) is 5.82 Å². The molecule has 1 rings (SSSR count). The fraction of sp³-hybridized carbons (Fsp3) is 0.250. The monoisotopic (exact) mass is 241 g/mol. The van der Waals surface area contributed by atoms with Gasteiger partial charge in [0.05, 0.1) is 5.75 Å². The third kappa shape index (κ3) is 4.13. The molecule has 0 unspecified atom stereocenters. The summed E-state index contributed by atoms with van der Waals surface area (Å²) in [6.45, 7) is 1.30. The van der Waals surface area contributed by atoms with Gasteiger partial charge in [-0.3, -0.25) is 20.4 Å². The summed E-state index contributed by atoms with van der Waals surface area (Å²) >= 11 is 1.14.